The molecular weight excluding hydrogens is 463 g/mol. The minimum absolute atomic E-state index is 0.0586. The quantitative estimate of drug-likeness (QED) is 0.185. The number of unbranched alkanes of at least 4 members (excludes halogenated alkanes) is 2. The fourth-order valence-corrected chi connectivity index (χ4v) is 3.57. The first-order valence-corrected chi connectivity index (χ1v) is 12.5. The Bertz CT molecular complexity index is 890. The van der Waals surface area contributed by atoms with Crippen molar-refractivity contribution in [1.29, 1.82) is 0 Å². The SMILES string of the molecule is CCCCNCCCC.Nc1nc(Cl)nc2c1ncn2[C@H]1C[C@H](O)[C@@H](COP(=O)(O)O)O1. The summed E-state index contributed by atoms with van der Waals surface area (Å²) in [4.78, 5) is 29.3. The number of phosphoric ester groups is 1. The Morgan fingerprint density at radius 1 is 1.31 bits per heavy atom. The number of hydrogen-bond donors (Lipinski definition) is 5. The molecular formula is C18H32ClN6O6P. The van der Waals surface area contributed by atoms with Crippen LogP contribution in [0.15, 0.2) is 6.33 Å². The third kappa shape index (κ3) is 8.20. The standard InChI is InChI=1S/C10H13ClN5O6P.C8H19N/c11-10-14-8(12)7-9(15-10)16(3-13-7)6-1-4(17)5(22-6)2-21-23(18,19)20;1-3-5-7-9-8-6-4-2/h3-6,17H,1-2H2,(H2,12,14,15)(H2,18,19,20);9H,3-8H2,1-2H3/t4-,5+,6+;/m0./s1. The highest BCUT2D eigenvalue weighted by molar-refractivity contribution is 7.46. The van der Waals surface area contributed by atoms with E-state index in [4.69, 9.17) is 31.9 Å². The molecule has 0 spiro atoms. The molecule has 0 radical (unpaired) electrons. The van der Waals surface area contributed by atoms with Crippen molar-refractivity contribution in [2.75, 3.05) is 25.4 Å². The van der Waals surface area contributed by atoms with Crippen LogP contribution in [0.4, 0.5) is 5.82 Å². The topological polar surface area (TPSA) is 178 Å². The van der Waals surface area contributed by atoms with E-state index in [0.29, 0.717) is 11.2 Å². The van der Waals surface area contributed by atoms with Gasteiger partial charge in [0.2, 0.25) is 5.28 Å². The number of phosphoric acid groups is 1. The van der Waals surface area contributed by atoms with Crippen LogP contribution in [0.25, 0.3) is 11.2 Å². The average Bonchev–Trinajstić information content (AvgIpc) is 3.29. The largest absolute Gasteiger partial charge is 0.469 e. The molecule has 1 aliphatic heterocycles. The van der Waals surface area contributed by atoms with Crippen molar-refractivity contribution in [3.8, 4) is 0 Å². The first-order chi connectivity index (χ1) is 15.2. The van der Waals surface area contributed by atoms with Gasteiger partial charge >= 0.3 is 7.82 Å². The molecule has 32 heavy (non-hydrogen) atoms. The number of nitrogens with zero attached hydrogens (tertiary/aromatic N) is 4. The molecule has 0 saturated carbocycles. The fraction of sp³-hybridized carbons (Fsp3) is 0.722. The number of ether oxygens (including phenoxy) is 1. The van der Waals surface area contributed by atoms with Gasteiger partial charge in [-0.1, -0.05) is 26.7 Å². The van der Waals surface area contributed by atoms with Gasteiger partial charge in [0.05, 0.1) is 19.0 Å². The Morgan fingerprint density at radius 2 is 1.97 bits per heavy atom. The third-order valence-electron chi connectivity index (χ3n) is 4.76. The summed E-state index contributed by atoms with van der Waals surface area (Å²) < 4.78 is 22.2. The summed E-state index contributed by atoms with van der Waals surface area (Å²) in [5.74, 6) is 0.110. The third-order valence-corrected chi connectivity index (χ3v) is 5.41. The number of hydrogen-bond acceptors (Lipinski definition) is 9. The van der Waals surface area contributed by atoms with E-state index in [1.807, 2.05) is 0 Å². The van der Waals surface area contributed by atoms with Crippen molar-refractivity contribution in [2.45, 2.75) is 64.4 Å². The Balaban J connectivity index is 0.000000344. The van der Waals surface area contributed by atoms with Crippen molar-refractivity contribution >= 4 is 36.4 Å². The zero-order valence-electron chi connectivity index (χ0n) is 18.2. The van der Waals surface area contributed by atoms with Crippen LogP contribution >= 0.6 is 19.4 Å². The number of imidazole rings is 1. The molecule has 2 aromatic heterocycles. The molecule has 182 valence electrons. The lowest BCUT2D eigenvalue weighted by Crippen LogP contribution is -2.25. The summed E-state index contributed by atoms with van der Waals surface area (Å²) in [6.07, 6.45) is 4.29. The summed E-state index contributed by atoms with van der Waals surface area (Å²) in [7, 11) is -4.64. The number of halogens is 1. The summed E-state index contributed by atoms with van der Waals surface area (Å²) in [6.45, 7) is 6.41. The average molecular weight is 495 g/mol. The van der Waals surface area contributed by atoms with E-state index in [1.54, 1.807) is 0 Å². The number of nitrogens with one attached hydrogen (secondary N) is 1. The first-order valence-electron chi connectivity index (χ1n) is 10.6. The Hall–Kier alpha value is -1.37. The highest BCUT2D eigenvalue weighted by Crippen LogP contribution is 2.38. The normalized spacial score (nSPS) is 21.0. The zero-order valence-corrected chi connectivity index (χ0v) is 19.9. The molecule has 3 heterocycles. The minimum Gasteiger partial charge on any atom is -0.390 e. The van der Waals surface area contributed by atoms with E-state index in [-0.39, 0.29) is 17.5 Å². The molecule has 0 bridgehead atoms. The zero-order chi connectivity index (χ0) is 23.7. The molecule has 1 aliphatic rings. The summed E-state index contributed by atoms with van der Waals surface area (Å²) in [5, 5.41) is 13.3. The molecule has 1 saturated heterocycles. The summed E-state index contributed by atoms with van der Waals surface area (Å²) >= 11 is 5.78. The van der Waals surface area contributed by atoms with Crippen LogP contribution in [0.2, 0.25) is 5.28 Å². The van der Waals surface area contributed by atoms with E-state index < -0.39 is 32.9 Å². The van der Waals surface area contributed by atoms with Crippen LogP contribution in [-0.2, 0) is 13.8 Å². The lowest BCUT2D eigenvalue weighted by Gasteiger charge is -2.16. The van der Waals surface area contributed by atoms with Crippen LogP contribution in [0.1, 0.15) is 52.2 Å². The molecule has 6 N–H and O–H groups in total. The summed E-state index contributed by atoms with van der Waals surface area (Å²) in [6, 6.07) is 0. The monoisotopic (exact) mass is 494 g/mol. The highest BCUT2D eigenvalue weighted by Gasteiger charge is 2.37. The first kappa shape index (κ1) is 26.9. The van der Waals surface area contributed by atoms with Crippen molar-refractivity contribution < 1.29 is 28.7 Å². The minimum atomic E-state index is -4.64. The maximum absolute atomic E-state index is 10.7. The predicted molar refractivity (Wildman–Crippen MR) is 120 cm³/mol. The van der Waals surface area contributed by atoms with E-state index in [2.05, 4.69) is 38.6 Å². The predicted octanol–water partition coefficient (Wildman–Crippen LogP) is 2.00. The van der Waals surface area contributed by atoms with E-state index in [9.17, 15) is 9.67 Å². The maximum atomic E-state index is 10.7. The van der Waals surface area contributed by atoms with Crippen LogP contribution in [0, 0.1) is 0 Å². The van der Waals surface area contributed by atoms with Crippen molar-refractivity contribution in [3.05, 3.63) is 11.6 Å². The van der Waals surface area contributed by atoms with Gasteiger partial charge in [0, 0.05) is 6.42 Å². The number of aliphatic hydroxyl groups is 1. The van der Waals surface area contributed by atoms with Crippen LogP contribution in [0.3, 0.4) is 0 Å². The number of rotatable bonds is 10. The molecule has 0 aliphatic carbocycles. The van der Waals surface area contributed by atoms with Gasteiger partial charge < -0.3 is 30.7 Å². The van der Waals surface area contributed by atoms with Gasteiger partial charge in [0.1, 0.15) is 17.8 Å². The molecule has 3 rings (SSSR count). The highest BCUT2D eigenvalue weighted by atomic mass is 35.5. The summed E-state index contributed by atoms with van der Waals surface area (Å²) in [5.41, 5.74) is 6.38. The molecule has 0 unspecified atom stereocenters. The molecule has 0 aromatic carbocycles. The van der Waals surface area contributed by atoms with Gasteiger partial charge in [-0.25, -0.2) is 9.55 Å². The van der Waals surface area contributed by atoms with Gasteiger partial charge in [-0.3, -0.25) is 9.09 Å². The Morgan fingerprint density at radius 3 is 2.56 bits per heavy atom. The number of fused-ring (bicyclic) bond motifs is 1. The molecule has 12 nitrogen and oxygen atoms in total. The Labute approximate surface area is 191 Å². The smallest absolute Gasteiger partial charge is 0.390 e. The van der Waals surface area contributed by atoms with Crippen LogP contribution in [-0.4, -0.2) is 66.3 Å². The van der Waals surface area contributed by atoms with Crippen molar-refractivity contribution in [1.82, 2.24) is 24.8 Å². The van der Waals surface area contributed by atoms with Crippen LogP contribution in [0.5, 0.6) is 0 Å². The molecule has 0 amide bonds. The number of aliphatic hydroxyl groups excluding tert-OH is 1. The van der Waals surface area contributed by atoms with Gasteiger partial charge in [-0.2, -0.15) is 9.97 Å². The lowest BCUT2D eigenvalue weighted by molar-refractivity contribution is -0.0424. The van der Waals surface area contributed by atoms with Gasteiger partial charge in [-0.05, 0) is 37.5 Å². The van der Waals surface area contributed by atoms with Gasteiger partial charge in [-0.15, -0.1) is 0 Å². The van der Waals surface area contributed by atoms with Crippen molar-refractivity contribution in [2.24, 2.45) is 0 Å². The maximum Gasteiger partial charge on any atom is 0.469 e. The fourth-order valence-electron chi connectivity index (χ4n) is 3.06. The second-order valence-electron chi connectivity index (χ2n) is 7.38. The number of aromatic nitrogens is 4. The van der Waals surface area contributed by atoms with Gasteiger partial charge in [0.25, 0.3) is 0 Å². The van der Waals surface area contributed by atoms with E-state index in [1.165, 1.54) is 49.7 Å². The van der Waals surface area contributed by atoms with Crippen molar-refractivity contribution in [3.63, 3.8) is 0 Å². The number of anilines is 1. The Kier molecular flexibility index (Phi) is 10.7. The molecule has 14 heteroatoms. The lowest BCUT2D eigenvalue weighted by atomic mass is 10.2. The van der Waals surface area contributed by atoms with Gasteiger partial charge in [0.15, 0.2) is 11.5 Å². The molecule has 1 fully saturated rings. The second kappa shape index (κ2) is 12.8. The van der Waals surface area contributed by atoms with Crippen LogP contribution < -0.4 is 11.1 Å². The number of nitrogen functional groups attached to an aromatic ring is 1. The molecule has 3 atom stereocenters. The van der Waals surface area contributed by atoms with E-state index in [0.717, 1.165) is 0 Å². The van der Waals surface area contributed by atoms with E-state index >= 15 is 0 Å². The molecule has 2 aromatic rings. The second-order valence-corrected chi connectivity index (χ2v) is 8.96. The number of nitrogens with two attached hydrogens (primary N) is 1.